The van der Waals surface area contributed by atoms with Crippen molar-refractivity contribution < 1.29 is 0 Å². The van der Waals surface area contributed by atoms with Crippen LogP contribution >= 0.6 is 0 Å². The molecule has 250 valence electrons. The van der Waals surface area contributed by atoms with Crippen LogP contribution in [0.3, 0.4) is 0 Å². The molecule has 0 unspecified atom stereocenters. The third-order valence-corrected chi connectivity index (χ3v) is 10.4. The Bertz CT molecular complexity index is 2670. The molecule has 4 heteroatoms. The fraction of sp³-hybridized carbons (Fsp3) is 0.0612. The molecule has 0 spiro atoms. The smallest absolute Gasteiger partial charge is 0.160 e. The van der Waals surface area contributed by atoms with Gasteiger partial charge in [-0.3, -0.25) is 4.98 Å². The van der Waals surface area contributed by atoms with Crippen molar-refractivity contribution in [3.63, 3.8) is 0 Å². The van der Waals surface area contributed by atoms with Gasteiger partial charge in [0.05, 0.1) is 28.7 Å². The maximum absolute atomic E-state index is 9.64. The number of nitrogens with zero attached hydrogens (tertiary/aromatic N) is 4. The lowest BCUT2D eigenvalue weighted by atomic mass is 9.81. The largest absolute Gasteiger partial charge is 0.256 e. The van der Waals surface area contributed by atoms with Crippen LogP contribution in [-0.2, 0) is 5.41 Å². The predicted octanol–water partition coefficient (Wildman–Crippen LogP) is 12.1. The minimum atomic E-state index is -0.253. The molecule has 1 aliphatic carbocycles. The van der Waals surface area contributed by atoms with Gasteiger partial charge in [-0.2, -0.15) is 5.26 Å². The molecule has 1 aliphatic rings. The number of benzene rings is 6. The Morgan fingerprint density at radius 3 is 1.66 bits per heavy atom. The van der Waals surface area contributed by atoms with Gasteiger partial charge in [-0.1, -0.05) is 123 Å². The van der Waals surface area contributed by atoms with Crippen molar-refractivity contribution in [1.82, 2.24) is 15.0 Å². The van der Waals surface area contributed by atoms with Crippen molar-refractivity contribution in [2.24, 2.45) is 0 Å². The van der Waals surface area contributed by atoms with Crippen molar-refractivity contribution in [3.8, 4) is 84.6 Å². The van der Waals surface area contributed by atoms with Crippen molar-refractivity contribution in [2.45, 2.75) is 19.3 Å². The number of fused-ring (bicyclic) bond motifs is 3. The van der Waals surface area contributed by atoms with Crippen LogP contribution in [0.25, 0.3) is 78.5 Å². The van der Waals surface area contributed by atoms with Crippen LogP contribution in [0.5, 0.6) is 0 Å². The summed E-state index contributed by atoms with van der Waals surface area (Å²) in [5.41, 5.74) is 16.3. The fourth-order valence-electron chi connectivity index (χ4n) is 7.53. The van der Waals surface area contributed by atoms with Crippen LogP contribution < -0.4 is 0 Å². The predicted molar refractivity (Wildman–Crippen MR) is 215 cm³/mol. The summed E-state index contributed by atoms with van der Waals surface area (Å²) in [7, 11) is 0. The van der Waals surface area contributed by atoms with E-state index < -0.39 is 0 Å². The van der Waals surface area contributed by atoms with E-state index >= 15 is 0 Å². The summed E-state index contributed by atoms with van der Waals surface area (Å²) >= 11 is 0. The van der Waals surface area contributed by atoms with Gasteiger partial charge in [0.25, 0.3) is 0 Å². The Kier molecular flexibility index (Phi) is 7.83. The van der Waals surface area contributed by atoms with E-state index in [2.05, 4.69) is 129 Å². The topological polar surface area (TPSA) is 62.5 Å². The zero-order chi connectivity index (χ0) is 35.9. The number of pyridine rings is 1. The molecule has 0 atom stereocenters. The minimum Gasteiger partial charge on any atom is -0.256 e. The molecule has 6 aromatic carbocycles. The summed E-state index contributed by atoms with van der Waals surface area (Å²) in [5, 5.41) is 9.64. The second-order valence-corrected chi connectivity index (χ2v) is 14.0. The number of hydrogen-bond acceptors (Lipinski definition) is 4. The average Bonchev–Trinajstić information content (AvgIpc) is 3.46. The molecule has 0 saturated heterocycles. The van der Waals surface area contributed by atoms with Gasteiger partial charge >= 0.3 is 0 Å². The molecule has 0 N–H and O–H groups in total. The van der Waals surface area contributed by atoms with Crippen LogP contribution in [0.2, 0.25) is 0 Å². The highest BCUT2D eigenvalue weighted by Crippen LogP contribution is 2.50. The lowest BCUT2D eigenvalue weighted by Gasteiger charge is -2.22. The second kappa shape index (κ2) is 13.0. The average molecular weight is 679 g/mol. The third kappa shape index (κ3) is 5.89. The molecule has 53 heavy (non-hydrogen) atoms. The first kappa shape index (κ1) is 32.0. The van der Waals surface area contributed by atoms with Gasteiger partial charge in [0.1, 0.15) is 0 Å². The van der Waals surface area contributed by atoms with E-state index in [0.717, 1.165) is 56.0 Å². The van der Waals surface area contributed by atoms with E-state index in [1.807, 2.05) is 60.8 Å². The van der Waals surface area contributed by atoms with Gasteiger partial charge in [-0.15, -0.1) is 0 Å². The molecule has 0 amide bonds. The first-order valence-corrected chi connectivity index (χ1v) is 17.8. The van der Waals surface area contributed by atoms with Gasteiger partial charge < -0.3 is 0 Å². The Balaban J connectivity index is 1.20. The van der Waals surface area contributed by atoms with E-state index in [4.69, 9.17) is 15.0 Å². The van der Waals surface area contributed by atoms with Crippen LogP contribution in [0.4, 0.5) is 0 Å². The molecular weight excluding hydrogens is 645 g/mol. The first-order chi connectivity index (χ1) is 25.9. The van der Waals surface area contributed by atoms with E-state index in [1.54, 1.807) is 0 Å². The quantitative estimate of drug-likeness (QED) is 0.176. The normalized spacial score (nSPS) is 12.5. The van der Waals surface area contributed by atoms with Crippen LogP contribution in [0.15, 0.2) is 170 Å². The van der Waals surface area contributed by atoms with Crippen LogP contribution in [0.1, 0.15) is 30.5 Å². The fourth-order valence-corrected chi connectivity index (χ4v) is 7.53. The summed E-state index contributed by atoms with van der Waals surface area (Å²) in [5.74, 6) is 0.666. The molecule has 2 aromatic heterocycles. The van der Waals surface area contributed by atoms with E-state index in [-0.39, 0.29) is 5.41 Å². The number of aromatic nitrogens is 3. The number of rotatable bonds is 6. The zero-order valence-corrected chi connectivity index (χ0v) is 29.5. The molecular formula is C49H34N4. The SMILES string of the molecule is CC1(C)c2cc(C#N)ccc2-c2ccc(-c3cc(-c4ccccn4)cc(-c4cc(-c5ccccc5)nc(-c5ccc(-c6ccccc6)cc5)n4)c3)cc21. The van der Waals surface area contributed by atoms with Crippen LogP contribution in [-0.4, -0.2) is 15.0 Å². The van der Waals surface area contributed by atoms with Crippen molar-refractivity contribution in [1.29, 1.82) is 5.26 Å². The standard InChI is InChI=1S/C49H34N4/c1-49(2)43-25-32(31-50)16-22-41(43)42-23-21-37(29-44(42)49)38-26-39(45-15-9-10-24-51-45)28-40(27-38)47-30-46(35-13-7-4-8-14-35)52-48(53-47)36-19-17-34(18-20-36)33-11-5-3-6-12-33/h3-30H,1-2H3. The first-order valence-electron chi connectivity index (χ1n) is 17.8. The minimum absolute atomic E-state index is 0.253. The number of nitriles is 1. The Morgan fingerprint density at radius 1 is 0.434 bits per heavy atom. The van der Waals surface area contributed by atoms with Gasteiger partial charge in [-0.25, -0.2) is 9.97 Å². The second-order valence-electron chi connectivity index (χ2n) is 14.0. The van der Waals surface area contributed by atoms with Gasteiger partial charge in [0.15, 0.2) is 5.82 Å². The van der Waals surface area contributed by atoms with Crippen molar-refractivity contribution in [2.75, 3.05) is 0 Å². The van der Waals surface area contributed by atoms with E-state index in [0.29, 0.717) is 11.4 Å². The lowest BCUT2D eigenvalue weighted by molar-refractivity contribution is 0.660. The third-order valence-electron chi connectivity index (χ3n) is 10.4. The summed E-state index contributed by atoms with van der Waals surface area (Å²) < 4.78 is 0. The monoisotopic (exact) mass is 678 g/mol. The molecule has 9 rings (SSSR count). The molecule has 0 aliphatic heterocycles. The molecule has 8 aromatic rings. The van der Waals surface area contributed by atoms with E-state index in [9.17, 15) is 5.26 Å². The van der Waals surface area contributed by atoms with Gasteiger partial charge in [-0.05, 0) is 99.1 Å². The maximum Gasteiger partial charge on any atom is 0.160 e. The highest BCUT2D eigenvalue weighted by atomic mass is 14.9. The molecule has 0 saturated carbocycles. The Labute approximate surface area is 309 Å². The summed E-state index contributed by atoms with van der Waals surface area (Å²) in [6.45, 7) is 4.50. The summed E-state index contributed by atoms with van der Waals surface area (Å²) in [6.07, 6.45) is 1.84. The molecule has 4 nitrogen and oxygen atoms in total. The Morgan fingerprint density at radius 2 is 0.981 bits per heavy atom. The molecule has 0 fully saturated rings. The highest BCUT2D eigenvalue weighted by molar-refractivity contribution is 5.86. The van der Waals surface area contributed by atoms with Crippen molar-refractivity contribution in [3.05, 3.63) is 187 Å². The Hall–Kier alpha value is -6.96. The lowest BCUT2D eigenvalue weighted by Crippen LogP contribution is -2.15. The molecule has 2 heterocycles. The molecule has 0 bridgehead atoms. The van der Waals surface area contributed by atoms with Gasteiger partial charge in [0.2, 0.25) is 0 Å². The van der Waals surface area contributed by atoms with Crippen LogP contribution in [0, 0.1) is 11.3 Å². The highest BCUT2D eigenvalue weighted by Gasteiger charge is 2.36. The summed E-state index contributed by atoms with van der Waals surface area (Å²) in [4.78, 5) is 15.1. The molecule has 0 radical (unpaired) electrons. The number of hydrogen-bond donors (Lipinski definition) is 0. The van der Waals surface area contributed by atoms with Gasteiger partial charge in [0, 0.05) is 33.9 Å². The zero-order valence-electron chi connectivity index (χ0n) is 29.5. The summed E-state index contributed by atoms with van der Waals surface area (Å²) in [6, 6.07) is 59.0. The van der Waals surface area contributed by atoms with E-state index in [1.165, 1.54) is 27.8 Å². The maximum atomic E-state index is 9.64. The van der Waals surface area contributed by atoms with Crippen molar-refractivity contribution >= 4 is 0 Å².